The molecule has 1 aliphatic heterocycles. The Kier molecular flexibility index (Phi) is 2.55. The first-order valence-electron chi connectivity index (χ1n) is 3.45. The number of thioether (sulfide) groups is 1. The van der Waals surface area contributed by atoms with Crippen LogP contribution in [-0.2, 0) is 4.79 Å². The minimum atomic E-state index is 0.280. The summed E-state index contributed by atoms with van der Waals surface area (Å²) < 4.78 is 0. The lowest BCUT2D eigenvalue weighted by atomic mass is 10.00. The highest BCUT2D eigenvalue weighted by Gasteiger charge is 2.24. The summed E-state index contributed by atoms with van der Waals surface area (Å²) in [4.78, 5) is 11.0. The summed E-state index contributed by atoms with van der Waals surface area (Å²) >= 11 is 1.74. The van der Waals surface area contributed by atoms with E-state index in [9.17, 15) is 4.79 Å². The minimum Gasteiger partial charge on any atom is -0.298 e. The third kappa shape index (κ3) is 1.87. The normalized spacial score (nSPS) is 25.3. The second-order valence-electron chi connectivity index (χ2n) is 2.84. The molecule has 1 heterocycles. The lowest BCUT2D eigenvalue weighted by Gasteiger charge is -2.04. The van der Waals surface area contributed by atoms with Crippen LogP contribution < -0.4 is 0 Å². The molecule has 0 amide bonds. The molecule has 0 saturated carbocycles. The number of allylic oxidation sites excluding steroid dienone is 1. The van der Waals surface area contributed by atoms with Gasteiger partial charge in [0.1, 0.15) is 5.78 Å². The fraction of sp³-hybridized carbons (Fsp3) is 0.625. The van der Waals surface area contributed by atoms with Crippen molar-refractivity contribution in [3.63, 3.8) is 0 Å². The van der Waals surface area contributed by atoms with E-state index < -0.39 is 0 Å². The molecule has 0 aliphatic carbocycles. The van der Waals surface area contributed by atoms with Gasteiger partial charge in [0.25, 0.3) is 0 Å². The van der Waals surface area contributed by atoms with Crippen LogP contribution in [0.15, 0.2) is 12.2 Å². The van der Waals surface area contributed by atoms with Crippen LogP contribution in [0.2, 0.25) is 0 Å². The standard InChI is InChI=1S/C8H12OS/c1-6(2)3-7-4-10-5-8(7)9/h7H,1,3-5H2,2H3. The number of carbonyl (C=O) groups is 1. The van der Waals surface area contributed by atoms with Crippen LogP contribution in [0.5, 0.6) is 0 Å². The third-order valence-corrected chi connectivity index (χ3v) is 2.74. The molecule has 0 spiro atoms. The predicted molar refractivity (Wildman–Crippen MR) is 45.3 cm³/mol. The van der Waals surface area contributed by atoms with Crippen LogP contribution >= 0.6 is 11.8 Å². The van der Waals surface area contributed by atoms with Crippen molar-refractivity contribution in [3.8, 4) is 0 Å². The van der Waals surface area contributed by atoms with Gasteiger partial charge in [0.15, 0.2) is 0 Å². The van der Waals surface area contributed by atoms with Gasteiger partial charge in [0, 0.05) is 11.7 Å². The van der Waals surface area contributed by atoms with Gasteiger partial charge in [-0.1, -0.05) is 5.57 Å². The molecule has 0 N–H and O–H groups in total. The molecule has 0 aromatic carbocycles. The van der Waals surface area contributed by atoms with Crippen LogP contribution in [0.4, 0.5) is 0 Å². The molecule has 0 aromatic rings. The van der Waals surface area contributed by atoms with Crippen molar-refractivity contribution in [1.29, 1.82) is 0 Å². The van der Waals surface area contributed by atoms with Gasteiger partial charge in [0.2, 0.25) is 0 Å². The van der Waals surface area contributed by atoms with Gasteiger partial charge in [-0.15, -0.1) is 6.58 Å². The monoisotopic (exact) mass is 156 g/mol. The number of carbonyl (C=O) groups excluding carboxylic acids is 1. The van der Waals surface area contributed by atoms with Crippen molar-refractivity contribution in [3.05, 3.63) is 12.2 Å². The first-order chi connectivity index (χ1) is 4.70. The summed E-state index contributed by atoms with van der Waals surface area (Å²) in [5.74, 6) is 2.42. The lowest BCUT2D eigenvalue weighted by Crippen LogP contribution is -2.10. The summed E-state index contributed by atoms with van der Waals surface area (Å²) in [6.45, 7) is 5.77. The Labute approximate surface area is 65.9 Å². The highest BCUT2D eigenvalue weighted by atomic mass is 32.2. The van der Waals surface area contributed by atoms with E-state index in [0.717, 1.165) is 23.5 Å². The van der Waals surface area contributed by atoms with Gasteiger partial charge in [-0.25, -0.2) is 0 Å². The van der Waals surface area contributed by atoms with Gasteiger partial charge >= 0.3 is 0 Å². The summed E-state index contributed by atoms with van der Waals surface area (Å²) in [5.41, 5.74) is 1.13. The van der Waals surface area contributed by atoms with Crippen molar-refractivity contribution in [1.82, 2.24) is 0 Å². The van der Waals surface area contributed by atoms with Crippen molar-refractivity contribution < 1.29 is 4.79 Å². The molecule has 1 atom stereocenters. The molecule has 10 heavy (non-hydrogen) atoms. The maximum Gasteiger partial charge on any atom is 0.146 e. The fourth-order valence-corrected chi connectivity index (χ4v) is 2.25. The smallest absolute Gasteiger partial charge is 0.146 e. The van der Waals surface area contributed by atoms with Gasteiger partial charge in [-0.05, 0) is 13.3 Å². The first-order valence-corrected chi connectivity index (χ1v) is 4.60. The SMILES string of the molecule is C=C(C)CC1CSCC1=O. The molecule has 0 bridgehead atoms. The fourth-order valence-electron chi connectivity index (χ4n) is 1.11. The molecular weight excluding hydrogens is 144 g/mol. The maximum atomic E-state index is 11.0. The largest absolute Gasteiger partial charge is 0.298 e. The topological polar surface area (TPSA) is 17.1 Å². The van der Waals surface area contributed by atoms with Crippen molar-refractivity contribution in [2.45, 2.75) is 13.3 Å². The molecule has 1 unspecified atom stereocenters. The van der Waals surface area contributed by atoms with E-state index in [4.69, 9.17) is 0 Å². The predicted octanol–water partition coefficient (Wildman–Crippen LogP) is 1.88. The molecule has 0 aromatic heterocycles. The Morgan fingerprint density at radius 1 is 1.90 bits per heavy atom. The summed E-state index contributed by atoms with van der Waals surface area (Å²) in [6.07, 6.45) is 0.895. The van der Waals surface area contributed by atoms with Crippen molar-refractivity contribution >= 4 is 17.5 Å². The molecule has 1 nitrogen and oxygen atoms in total. The van der Waals surface area contributed by atoms with Gasteiger partial charge in [-0.3, -0.25) is 4.79 Å². The van der Waals surface area contributed by atoms with E-state index in [0.29, 0.717) is 5.78 Å². The van der Waals surface area contributed by atoms with E-state index in [1.807, 2.05) is 6.92 Å². The lowest BCUT2D eigenvalue weighted by molar-refractivity contribution is -0.119. The number of hydrogen-bond donors (Lipinski definition) is 0. The summed E-state index contributed by atoms with van der Waals surface area (Å²) in [6, 6.07) is 0. The summed E-state index contributed by atoms with van der Waals surface area (Å²) in [7, 11) is 0. The zero-order chi connectivity index (χ0) is 7.56. The molecule has 56 valence electrons. The van der Waals surface area contributed by atoms with Crippen LogP contribution in [0.1, 0.15) is 13.3 Å². The molecule has 1 rings (SSSR count). The number of hydrogen-bond acceptors (Lipinski definition) is 2. The zero-order valence-electron chi connectivity index (χ0n) is 6.22. The Morgan fingerprint density at radius 3 is 3.00 bits per heavy atom. The molecule has 1 saturated heterocycles. The second-order valence-corrected chi connectivity index (χ2v) is 3.87. The number of ketones is 1. The van der Waals surface area contributed by atoms with Crippen molar-refractivity contribution in [2.75, 3.05) is 11.5 Å². The quantitative estimate of drug-likeness (QED) is 0.568. The Balaban J connectivity index is 2.40. The Hall–Kier alpha value is -0.240. The van der Waals surface area contributed by atoms with E-state index >= 15 is 0 Å². The molecule has 2 heteroatoms. The number of Topliss-reactive ketones (excluding diaryl/α,β-unsaturated/α-hetero) is 1. The average Bonchev–Trinajstić information content (AvgIpc) is 2.15. The van der Waals surface area contributed by atoms with Crippen LogP contribution in [0.25, 0.3) is 0 Å². The van der Waals surface area contributed by atoms with Crippen LogP contribution in [0, 0.1) is 5.92 Å². The zero-order valence-corrected chi connectivity index (χ0v) is 7.04. The highest BCUT2D eigenvalue weighted by molar-refractivity contribution is 8.00. The van der Waals surface area contributed by atoms with E-state index in [1.165, 1.54) is 0 Å². The Bertz CT molecular complexity index is 163. The third-order valence-electron chi connectivity index (χ3n) is 1.61. The van der Waals surface area contributed by atoms with E-state index in [-0.39, 0.29) is 5.92 Å². The first kappa shape index (κ1) is 7.86. The molecule has 0 radical (unpaired) electrons. The Morgan fingerprint density at radius 2 is 2.60 bits per heavy atom. The molecular formula is C8H12OS. The molecule has 1 fully saturated rings. The number of rotatable bonds is 2. The summed E-state index contributed by atoms with van der Waals surface area (Å²) in [5, 5.41) is 0. The highest BCUT2D eigenvalue weighted by Crippen LogP contribution is 2.24. The molecule has 1 aliphatic rings. The van der Waals surface area contributed by atoms with Crippen molar-refractivity contribution in [2.24, 2.45) is 5.92 Å². The minimum absolute atomic E-state index is 0.280. The van der Waals surface area contributed by atoms with Gasteiger partial charge in [-0.2, -0.15) is 11.8 Å². The average molecular weight is 156 g/mol. The van der Waals surface area contributed by atoms with Crippen LogP contribution in [-0.4, -0.2) is 17.3 Å². The van der Waals surface area contributed by atoms with Gasteiger partial charge in [0.05, 0.1) is 5.75 Å². The van der Waals surface area contributed by atoms with E-state index in [1.54, 1.807) is 11.8 Å². The van der Waals surface area contributed by atoms with Crippen LogP contribution in [0.3, 0.4) is 0 Å². The van der Waals surface area contributed by atoms with E-state index in [2.05, 4.69) is 6.58 Å². The van der Waals surface area contributed by atoms with Gasteiger partial charge < -0.3 is 0 Å². The maximum absolute atomic E-state index is 11.0. The second kappa shape index (κ2) is 3.24.